The Hall–Kier alpha value is -2.25. The Balaban J connectivity index is 1.47. The molecule has 7 heteroatoms. The first-order chi connectivity index (χ1) is 11.7. The van der Waals surface area contributed by atoms with E-state index in [1.165, 1.54) is 0 Å². The summed E-state index contributed by atoms with van der Waals surface area (Å²) >= 11 is 0. The molecule has 0 unspecified atom stereocenters. The Morgan fingerprint density at radius 1 is 1.29 bits per heavy atom. The number of aryl methyl sites for hydroxylation is 1. The van der Waals surface area contributed by atoms with E-state index in [9.17, 15) is 4.79 Å². The number of amides is 1. The molecule has 0 spiro atoms. The third-order valence-electron chi connectivity index (χ3n) is 4.02. The largest absolute Gasteiger partial charge is 0.379 e. The SMILES string of the molecule is Cc1ccccc1-c1nc(CC(=O)NCCN2CCOCC2)no1. The van der Waals surface area contributed by atoms with Gasteiger partial charge in [-0.05, 0) is 18.6 Å². The van der Waals surface area contributed by atoms with Crippen molar-refractivity contribution in [3.8, 4) is 11.5 Å². The number of morpholine rings is 1. The Bertz CT molecular complexity index is 680. The normalized spacial score (nSPS) is 15.4. The van der Waals surface area contributed by atoms with Crippen molar-refractivity contribution in [2.24, 2.45) is 0 Å². The molecular weight excluding hydrogens is 308 g/mol. The van der Waals surface area contributed by atoms with Crippen LogP contribution in [0.2, 0.25) is 0 Å². The topological polar surface area (TPSA) is 80.5 Å². The van der Waals surface area contributed by atoms with Crippen LogP contribution in [0.5, 0.6) is 0 Å². The lowest BCUT2D eigenvalue weighted by atomic mass is 10.1. The van der Waals surface area contributed by atoms with E-state index in [1.807, 2.05) is 31.2 Å². The fourth-order valence-corrected chi connectivity index (χ4v) is 2.63. The summed E-state index contributed by atoms with van der Waals surface area (Å²) in [5, 5.41) is 6.79. The van der Waals surface area contributed by atoms with Crippen LogP contribution in [-0.2, 0) is 16.0 Å². The maximum Gasteiger partial charge on any atom is 0.258 e. The summed E-state index contributed by atoms with van der Waals surface area (Å²) in [6.07, 6.45) is 0.124. The molecule has 3 rings (SSSR count). The summed E-state index contributed by atoms with van der Waals surface area (Å²) in [6.45, 7) is 6.78. The van der Waals surface area contributed by atoms with Crippen molar-refractivity contribution in [1.29, 1.82) is 0 Å². The second-order valence-electron chi connectivity index (χ2n) is 5.81. The molecule has 24 heavy (non-hydrogen) atoms. The molecule has 1 fully saturated rings. The summed E-state index contributed by atoms with van der Waals surface area (Å²) in [7, 11) is 0. The van der Waals surface area contributed by atoms with E-state index in [-0.39, 0.29) is 12.3 Å². The van der Waals surface area contributed by atoms with Gasteiger partial charge in [0.1, 0.15) is 0 Å². The Morgan fingerprint density at radius 2 is 2.08 bits per heavy atom. The molecule has 0 saturated carbocycles. The number of hydrogen-bond donors (Lipinski definition) is 1. The van der Waals surface area contributed by atoms with Gasteiger partial charge in [0.05, 0.1) is 19.6 Å². The molecule has 0 radical (unpaired) electrons. The van der Waals surface area contributed by atoms with E-state index >= 15 is 0 Å². The fraction of sp³-hybridized carbons (Fsp3) is 0.471. The molecule has 1 N–H and O–H groups in total. The first kappa shape index (κ1) is 16.6. The molecule has 7 nitrogen and oxygen atoms in total. The average molecular weight is 330 g/mol. The highest BCUT2D eigenvalue weighted by atomic mass is 16.5. The van der Waals surface area contributed by atoms with Gasteiger partial charge in [-0.3, -0.25) is 9.69 Å². The molecule has 1 saturated heterocycles. The molecule has 0 atom stereocenters. The number of benzene rings is 1. The molecule has 0 bridgehead atoms. The van der Waals surface area contributed by atoms with Gasteiger partial charge in [0.2, 0.25) is 5.91 Å². The molecule has 0 aliphatic carbocycles. The van der Waals surface area contributed by atoms with E-state index in [2.05, 4.69) is 20.4 Å². The van der Waals surface area contributed by atoms with Gasteiger partial charge in [0.25, 0.3) is 5.89 Å². The van der Waals surface area contributed by atoms with E-state index in [1.54, 1.807) is 0 Å². The third-order valence-corrected chi connectivity index (χ3v) is 4.02. The van der Waals surface area contributed by atoms with Gasteiger partial charge in [-0.2, -0.15) is 4.98 Å². The van der Waals surface area contributed by atoms with Crippen molar-refractivity contribution in [3.05, 3.63) is 35.7 Å². The van der Waals surface area contributed by atoms with Crippen molar-refractivity contribution in [2.75, 3.05) is 39.4 Å². The first-order valence-corrected chi connectivity index (χ1v) is 8.18. The number of nitrogens with zero attached hydrogens (tertiary/aromatic N) is 3. The minimum Gasteiger partial charge on any atom is -0.379 e. The number of rotatable bonds is 6. The van der Waals surface area contributed by atoms with Gasteiger partial charge < -0.3 is 14.6 Å². The highest BCUT2D eigenvalue weighted by molar-refractivity contribution is 5.77. The predicted octanol–water partition coefficient (Wildman–Crippen LogP) is 1.04. The van der Waals surface area contributed by atoms with Gasteiger partial charge in [-0.25, -0.2) is 0 Å². The van der Waals surface area contributed by atoms with Crippen LogP contribution < -0.4 is 5.32 Å². The lowest BCUT2D eigenvalue weighted by molar-refractivity contribution is -0.120. The number of aromatic nitrogens is 2. The van der Waals surface area contributed by atoms with Crippen molar-refractivity contribution in [1.82, 2.24) is 20.4 Å². The van der Waals surface area contributed by atoms with Gasteiger partial charge in [0, 0.05) is 31.7 Å². The van der Waals surface area contributed by atoms with Gasteiger partial charge in [-0.1, -0.05) is 23.4 Å². The summed E-state index contributed by atoms with van der Waals surface area (Å²) in [4.78, 5) is 18.6. The summed E-state index contributed by atoms with van der Waals surface area (Å²) in [6, 6.07) is 7.79. The lowest BCUT2D eigenvalue weighted by Gasteiger charge is -2.26. The van der Waals surface area contributed by atoms with Crippen molar-refractivity contribution >= 4 is 5.91 Å². The Morgan fingerprint density at radius 3 is 2.88 bits per heavy atom. The maximum absolute atomic E-state index is 12.0. The van der Waals surface area contributed by atoms with Crippen LogP contribution >= 0.6 is 0 Å². The number of ether oxygens (including phenoxy) is 1. The van der Waals surface area contributed by atoms with Crippen LogP contribution in [0.1, 0.15) is 11.4 Å². The molecule has 1 aliphatic heterocycles. The minimum absolute atomic E-state index is 0.0969. The molecule has 2 aromatic rings. The predicted molar refractivity (Wildman–Crippen MR) is 88.4 cm³/mol. The number of carbonyl (C=O) groups excluding carboxylic acids is 1. The standard InChI is InChI=1S/C17H22N4O3/c1-13-4-2-3-5-14(13)17-19-15(20-24-17)12-16(22)18-6-7-21-8-10-23-11-9-21/h2-5H,6-12H2,1H3,(H,18,22). The summed E-state index contributed by atoms with van der Waals surface area (Å²) < 4.78 is 10.6. The Labute approximate surface area is 141 Å². The van der Waals surface area contributed by atoms with E-state index in [4.69, 9.17) is 9.26 Å². The number of nitrogens with one attached hydrogen (secondary N) is 1. The first-order valence-electron chi connectivity index (χ1n) is 8.18. The molecule has 1 aromatic heterocycles. The quantitative estimate of drug-likeness (QED) is 0.852. The van der Waals surface area contributed by atoms with Crippen molar-refractivity contribution < 1.29 is 14.1 Å². The molecule has 128 valence electrons. The minimum atomic E-state index is -0.0969. The van der Waals surface area contributed by atoms with E-state index < -0.39 is 0 Å². The van der Waals surface area contributed by atoms with Gasteiger partial charge >= 0.3 is 0 Å². The summed E-state index contributed by atoms with van der Waals surface area (Å²) in [5.41, 5.74) is 1.95. The molecule has 1 aliphatic rings. The number of hydrogen-bond acceptors (Lipinski definition) is 6. The average Bonchev–Trinajstić information content (AvgIpc) is 3.04. The van der Waals surface area contributed by atoms with Crippen molar-refractivity contribution in [3.63, 3.8) is 0 Å². The zero-order valence-electron chi connectivity index (χ0n) is 13.8. The zero-order valence-corrected chi connectivity index (χ0v) is 13.8. The highest BCUT2D eigenvalue weighted by Crippen LogP contribution is 2.20. The Kier molecular flexibility index (Phi) is 5.55. The van der Waals surface area contributed by atoms with Gasteiger partial charge in [-0.15, -0.1) is 0 Å². The van der Waals surface area contributed by atoms with Crippen LogP contribution in [0.15, 0.2) is 28.8 Å². The smallest absolute Gasteiger partial charge is 0.258 e. The monoisotopic (exact) mass is 330 g/mol. The molecule has 1 aromatic carbocycles. The van der Waals surface area contributed by atoms with Crippen LogP contribution in [-0.4, -0.2) is 60.3 Å². The third kappa shape index (κ3) is 4.39. The highest BCUT2D eigenvalue weighted by Gasteiger charge is 2.14. The van der Waals surface area contributed by atoms with Crippen LogP contribution in [0.25, 0.3) is 11.5 Å². The van der Waals surface area contributed by atoms with E-state index in [0.29, 0.717) is 18.3 Å². The second-order valence-corrected chi connectivity index (χ2v) is 5.81. The molecule has 2 heterocycles. The second kappa shape index (κ2) is 8.03. The fourth-order valence-electron chi connectivity index (χ4n) is 2.63. The van der Waals surface area contributed by atoms with Gasteiger partial charge in [0.15, 0.2) is 5.82 Å². The number of carbonyl (C=O) groups is 1. The van der Waals surface area contributed by atoms with E-state index in [0.717, 1.165) is 44.0 Å². The maximum atomic E-state index is 12.0. The van der Waals surface area contributed by atoms with Crippen LogP contribution in [0.3, 0.4) is 0 Å². The van der Waals surface area contributed by atoms with Crippen LogP contribution in [0.4, 0.5) is 0 Å². The van der Waals surface area contributed by atoms with Crippen LogP contribution in [0, 0.1) is 6.92 Å². The van der Waals surface area contributed by atoms with Crippen molar-refractivity contribution in [2.45, 2.75) is 13.3 Å². The lowest BCUT2D eigenvalue weighted by Crippen LogP contribution is -2.41. The molecule has 1 amide bonds. The molecular formula is C17H22N4O3. The zero-order chi connectivity index (χ0) is 16.8. The summed E-state index contributed by atoms with van der Waals surface area (Å²) in [5.74, 6) is 0.752.